The Hall–Kier alpha value is -1.65. The molecule has 4 nitrogen and oxygen atoms in total. The molecule has 0 spiro atoms. The smallest absolute Gasteiger partial charge is 0.211 e. The number of methoxy groups -OCH3 is 1. The van der Waals surface area contributed by atoms with Crippen LogP contribution in [0.4, 0.5) is 0 Å². The molecule has 0 bridgehead atoms. The van der Waals surface area contributed by atoms with Crippen LogP contribution in [0.25, 0.3) is 0 Å². The maximum absolute atomic E-state index is 5.71. The first-order valence-electron chi connectivity index (χ1n) is 5.51. The molecule has 0 saturated carbocycles. The highest BCUT2D eigenvalue weighted by molar-refractivity contribution is 5.23. The second-order valence-electron chi connectivity index (χ2n) is 3.92. The largest absolute Gasteiger partial charge is 0.441 e. The van der Waals surface area contributed by atoms with Gasteiger partial charge in [0.15, 0.2) is 5.76 Å². The van der Waals surface area contributed by atoms with E-state index < -0.39 is 0 Å². The van der Waals surface area contributed by atoms with Crippen molar-refractivity contribution in [2.45, 2.75) is 19.1 Å². The van der Waals surface area contributed by atoms with E-state index in [2.05, 4.69) is 4.98 Å². The molecule has 2 rings (SSSR count). The standard InChI is InChI=1S/C13H16N2O2/c1-9(14)13-15-8-11(17-13)12(16-2)10-6-4-3-5-7-10/h3-9,12H,14H2,1-2H3. The number of ether oxygens (including phenoxy) is 1. The molecule has 1 aromatic carbocycles. The number of nitrogens with two attached hydrogens (primary N) is 1. The topological polar surface area (TPSA) is 61.3 Å². The van der Waals surface area contributed by atoms with E-state index >= 15 is 0 Å². The van der Waals surface area contributed by atoms with Crippen LogP contribution < -0.4 is 5.73 Å². The lowest BCUT2D eigenvalue weighted by Gasteiger charge is -2.12. The van der Waals surface area contributed by atoms with Crippen LogP contribution in [0.2, 0.25) is 0 Å². The fourth-order valence-electron chi connectivity index (χ4n) is 1.68. The third-order valence-electron chi connectivity index (χ3n) is 2.53. The maximum Gasteiger partial charge on any atom is 0.211 e. The van der Waals surface area contributed by atoms with Gasteiger partial charge in [0.2, 0.25) is 5.89 Å². The van der Waals surface area contributed by atoms with Crippen LogP contribution in [0, 0.1) is 0 Å². The van der Waals surface area contributed by atoms with Crippen LogP contribution in [-0.2, 0) is 4.74 Å². The molecule has 2 aromatic rings. The predicted molar refractivity (Wildman–Crippen MR) is 64.4 cm³/mol. The Kier molecular flexibility index (Phi) is 3.56. The zero-order valence-electron chi connectivity index (χ0n) is 9.96. The fraction of sp³-hybridized carbons (Fsp3) is 0.308. The van der Waals surface area contributed by atoms with Crippen molar-refractivity contribution in [3.8, 4) is 0 Å². The van der Waals surface area contributed by atoms with Crippen LogP contribution in [0.15, 0.2) is 40.9 Å². The lowest BCUT2D eigenvalue weighted by Crippen LogP contribution is -2.05. The first kappa shape index (κ1) is 11.8. The van der Waals surface area contributed by atoms with Gasteiger partial charge in [0.25, 0.3) is 0 Å². The molecule has 0 amide bonds. The number of aromatic nitrogens is 1. The van der Waals surface area contributed by atoms with E-state index in [-0.39, 0.29) is 12.1 Å². The minimum atomic E-state index is -0.240. The van der Waals surface area contributed by atoms with Crippen LogP contribution in [0.3, 0.4) is 0 Å². The van der Waals surface area contributed by atoms with Crippen LogP contribution >= 0.6 is 0 Å². The monoisotopic (exact) mass is 232 g/mol. The molecule has 2 atom stereocenters. The molecule has 0 saturated heterocycles. The number of benzene rings is 1. The first-order chi connectivity index (χ1) is 8.22. The minimum absolute atomic E-state index is 0.211. The van der Waals surface area contributed by atoms with Crippen molar-refractivity contribution in [2.75, 3.05) is 7.11 Å². The SMILES string of the molecule is COC(c1ccccc1)c1cnc(C(C)N)o1. The molecular formula is C13H16N2O2. The second kappa shape index (κ2) is 5.12. The molecule has 1 aromatic heterocycles. The van der Waals surface area contributed by atoms with Crippen molar-refractivity contribution in [3.63, 3.8) is 0 Å². The van der Waals surface area contributed by atoms with Crippen molar-refractivity contribution in [2.24, 2.45) is 5.73 Å². The lowest BCUT2D eigenvalue weighted by molar-refractivity contribution is 0.114. The summed E-state index contributed by atoms with van der Waals surface area (Å²) < 4.78 is 11.0. The molecule has 2 N–H and O–H groups in total. The summed E-state index contributed by atoms with van der Waals surface area (Å²) in [7, 11) is 1.64. The minimum Gasteiger partial charge on any atom is -0.441 e. The number of rotatable bonds is 4. The molecule has 0 fully saturated rings. The van der Waals surface area contributed by atoms with E-state index in [0.717, 1.165) is 5.56 Å². The van der Waals surface area contributed by atoms with Gasteiger partial charge in [-0.3, -0.25) is 0 Å². The Morgan fingerprint density at radius 1 is 1.29 bits per heavy atom. The Morgan fingerprint density at radius 2 is 2.00 bits per heavy atom. The quantitative estimate of drug-likeness (QED) is 0.879. The lowest BCUT2D eigenvalue weighted by atomic mass is 10.1. The maximum atomic E-state index is 5.71. The average molecular weight is 232 g/mol. The van der Waals surface area contributed by atoms with E-state index in [9.17, 15) is 0 Å². The number of nitrogens with zero attached hydrogens (tertiary/aromatic N) is 1. The molecule has 4 heteroatoms. The molecule has 90 valence electrons. The number of hydrogen-bond donors (Lipinski definition) is 1. The van der Waals surface area contributed by atoms with E-state index in [0.29, 0.717) is 11.7 Å². The summed E-state index contributed by atoms with van der Waals surface area (Å²) in [6, 6.07) is 9.65. The third-order valence-corrected chi connectivity index (χ3v) is 2.53. The van der Waals surface area contributed by atoms with E-state index in [1.54, 1.807) is 13.3 Å². The second-order valence-corrected chi connectivity index (χ2v) is 3.92. The summed E-state index contributed by atoms with van der Waals surface area (Å²) in [6.45, 7) is 1.83. The molecule has 0 aliphatic carbocycles. The number of hydrogen-bond acceptors (Lipinski definition) is 4. The van der Waals surface area contributed by atoms with Crippen molar-refractivity contribution >= 4 is 0 Å². The fourth-order valence-corrected chi connectivity index (χ4v) is 1.68. The van der Waals surface area contributed by atoms with Crippen LogP contribution in [0.1, 0.15) is 36.3 Å². The molecule has 0 radical (unpaired) electrons. The van der Waals surface area contributed by atoms with Gasteiger partial charge in [-0.1, -0.05) is 30.3 Å². The van der Waals surface area contributed by atoms with Gasteiger partial charge >= 0.3 is 0 Å². The zero-order valence-corrected chi connectivity index (χ0v) is 9.96. The third kappa shape index (κ3) is 2.54. The predicted octanol–water partition coefficient (Wildman–Crippen LogP) is 2.43. The highest BCUT2D eigenvalue weighted by Gasteiger charge is 2.19. The summed E-state index contributed by atoms with van der Waals surface area (Å²) >= 11 is 0. The van der Waals surface area contributed by atoms with Gasteiger partial charge in [-0.2, -0.15) is 0 Å². The van der Waals surface area contributed by atoms with E-state index in [4.69, 9.17) is 14.9 Å². The molecule has 1 heterocycles. The van der Waals surface area contributed by atoms with Crippen molar-refractivity contribution in [1.82, 2.24) is 4.98 Å². The summed E-state index contributed by atoms with van der Waals surface area (Å²) in [4.78, 5) is 4.14. The summed E-state index contributed by atoms with van der Waals surface area (Å²) in [5.41, 5.74) is 6.74. The summed E-state index contributed by atoms with van der Waals surface area (Å²) in [6.07, 6.45) is 1.43. The van der Waals surface area contributed by atoms with Gasteiger partial charge in [0.05, 0.1) is 12.2 Å². The molecule has 17 heavy (non-hydrogen) atoms. The molecule has 0 aliphatic rings. The van der Waals surface area contributed by atoms with Crippen molar-refractivity contribution < 1.29 is 9.15 Å². The Morgan fingerprint density at radius 3 is 2.53 bits per heavy atom. The van der Waals surface area contributed by atoms with Crippen LogP contribution in [0.5, 0.6) is 0 Å². The van der Waals surface area contributed by atoms with Gasteiger partial charge in [-0.05, 0) is 12.5 Å². The zero-order chi connectivity index (χ0) is 12.3. The summed E-state index contributed by atoms with van der Waals surface area (Å²) in [5.74, 6) is 1.20. The van der Waals surface area contributed by atoms with Gasteiger partial charge in [-0.15, -0.1) is 0 Å². The van der Waals surface area contributed by atoms with Gasteiger partial charge in [-0.25, -0.2) is 4.98 Å². The first-order valence-corrected chi connectivity index (χ1v) is 5.51. The highest BCUT2D eigenvalue weighted by Crippen LogP contribution is 2.26. The average Bonchev–Trinajstić information content (AvgIpc) is 2.81. The van der Waals surface area contributed by atoms with Gasteiger partial charge in [0.1, 0.15) is 6.10 Å². The number of oxazole rings is 1. The molecule has 2 unspecified atom stereocenters. The van der Waals surface area contributed by atoms with Gasteiger partial charge < -0.3 is 14.9 Å². The van der Waals surface area contributed by atoms with E-state index in [1.165, 1.54) is 0 Å². The normalized spacial score (nSPS) is 14.5. The molecule has 0 aliphatic heterocycles. The van der Waals surface area contributed by atoms with Crippen LogP contribution in [-0.4, -0.2) is 12.1 Å². The highest BCUT2D eigenvalue weighted by atomic mass is 16.5. The molecular weight excluding hydrogens is 216 g/mol. The Balaban J connectivity index is 2.29. The Labute approximate surface area is 100 Å². The summed E-state index contributed by atoms with van der Waals surface area (Å²) in [5, 5.41) is 0. The van der Waals surface area contributed by atoms with Crippen molar-refractivity contribution in [3.05, 3.63) is 53.7 Å². The van der Waals surface area contributed by atoms with E-state index in [1.807, 2.05) is 37.3 Å². The Bertz CT molecular complexity index is 465. The van der Waals surface area contributed by atoms with Crippen molar-refractivity contribution in [1.29, 1.82) is 0 Å². The van der Waals surface area contributed by atoms with Gasteiger partial charge in [0, 0.05) is 7.11 Å².